The highest BCUT2D eigenvalue weighted by molar-refractivity contribution is 9.10. The Morgan fingerprint density at radius 2 is 1.74 bits per heavy atom. The van der Waals surface area contributed by atoms with E-state index in [1.807, 2.05) is 44.2 Å². The van der Waals surface area contributed by atoms with Gasteiger partial charge in [-0.2, -0.15) is 0 Å². The van der Waals surface area contributed by atoms with Crippen LogP contribution in [0.5, 0.6) is 0 Å². The summed E-state index contributed by atoms with van der Waals surface area (Å²) in [7, 11) is 0. The van der Waals surface area contributed by atoms with Gasteiger partial charge in [0, 0.05) is 10.2 Å². The van der Waals surface area contributed by atoms with E-state index in [4.69, 9.17) is 0 Å². The van der Waals surface area contributed by atoms with Crippen LogP contribution in [0, 0.1) is 13.8 Å². The van der Waals surface area contributed by atoms with Crippen molar-refractivity contribution in [3.05, 3.63) is 58.1 Å². The molecule has 1 aliphatic heterocycles. The first-order chi connectivity index (χ1) is 11.0. The molecule has 0 aliphatic carbocycles. The Kier molecular flexibility index (Phi) is 4.22. The molecule has 2 aromatic carbocycles. The van der Waals surface area contributed by atoms with Gasteiger partial charge in [-0.3, -0.25) is 9.59 Å². The summed E-state index contributed by atoms with van der Waals surface area (Å²) in [5.41, 5.74) is 3.69. The zero-order valence-corrected chi connectivity index (χ0v) is 14.6. The third kappa shape index (κ3) is 3.15. The molecule has 0 saturated carbocycles. The maximum atomic E-state index is 12.7. The number of amides is 2. The predicted molar refractivity (Wildman–Crippen MR) is 94.6 cm³/mol. The van der Waals surface area contributed by atoms with E-state index in [0.29, 0.717) is 5.69 Å². The van der Waals surface area contributed by atoms with Gasteiger partial charge in [0.2, 0.25) is 5.91 Å². The second-order valence-corrected chi connectivity index (χ2v) is 6.65. The molecule has 4 nitrogen and oxygen atoms in total. The number of carbonyl (C=O) groups is 2. The van der Waals surface area contributed by atoms with Gasteiger partial charge in [-0.05, 0) is 65.2 Å². The molecule has 1 fully saturated rings. The second kappa shape index (κ2) is 6.16. The minimum Gasteiger partial charge on any atom is -0.373 e. The van der Waals surface area contributed by atoms with Gasteiger partial charge in [-0.15, -0.1) is 0 Å². The summed E-state index contributed by atoms with van der Waals surface area (Å²) < 4.78 is 0.730. The summed E-state index contributed by atoms with van der Waals surface area (Å²) in [6.45, 7) is 4.01. The van der Waals surface area contributed by atoms with Crippen molar-refractivity contribution in [1.29, 1.82) is 0 Å². The first kappa shape index (κ1) is 15.7. The molecular weight excluding hydrogens is 356 g/mol. The van der Waals surface area contributed by atoms with Crippen LogP contribution in [-0.2, 0) is 9.59 Å². The van der Waals surface area contributed by atoms with Gasteiger partial charge in [0.25, 0.3) is 5.91 Å². The molecule has 1 heterocycles. The Balaban J connectivity index is 1.85. The van der Waals surface area contributed by atoms with Crippen molar-refractivity contribution >= 4 is 39.1 Å². The van der Waals surface area contributed by atoms with Gasteiger partial charge in [0.15, 0.2) is 0 Å². The molecule has 1 N–H and O–H groups in total. The van der Waals surface area contributed by atoms with Crippen LogP contribution in [0.4, 0.5) is 11.4 Å². The fourth-order valence-electron chi connectivity index (χ4n) is 2.89. The SMILES string of the molecule is Cc1cc(C)cc(N[C@@H]2CC(=O)N(c3ccccc3Br)C2=O)c1. The van der Waals surface area contributed by atoms with E-state index in [2.05, 4.69) is 27.3 Å². The van der Waals surface area contributed by atoms with E-state index in [9.17, 15) is 9.59 Å². The average Bonchev–Trinajstić information content (AvgIpc) is 2.73. The number of anilines is 2. The summed E-state index contributed by atoms with van der Waals surface area (Å²) in [6.07, 6.45) is 0.160. The van der Waals surface area contributed by atoms with E-state index >= 15 is 0 Å². The largest absolute Gasteiger partial charge is 0.373 e. The van der Waals surface area contributed by atoms with E-state index in [0.717, 1.165) is 21.3 Å². The van der Waals surface area contributed by atoms with Crippen molar-refractivity contribution in [3.8, 4) is 0 Å². The summed E-state index contributed by atoms with van der Waals surface area (Å²) >= 11 is 3.40. The number of carbonyl (C=O) groups excluding carboxylic acids is 2. The number of aryl methyl sites for hydroxylation is 2. The second-order valence-electron chi connectivity index (χ2n) is 5.80. The molecule has 5 heteroatoms. The zero-order chi connectivity index (χ0) is 16.6. The van der Waals surface area contributed by atoms with Gasteiger partial charge in [-0.1, -0.05) is 18.2 Å². The third-order valence-corrected chi connectivity index (χ3v) is 4.47. The lowest BCUT2D eigenvalue weighted by molar-refractivity contribution is -0.121. The van der Waals surface area contributed by atoms with Gasteiger partial charge in [-0.25, -0.2) is 4.90 Å². The van der Waals surface area contributed by atoms with Crippen LogP contribution in [0.25, 0.3) is 0 Å². The summed E-state index contributed by atoms with van der Waals surface area (Å²) in [5, 5.41) is 3.19. The molecule has 2 amide bonds. The van der Waals surface area contributed by atoms with Crippen LogP contribution in [0.3, 0.4) is 0 Å². The highest BCUT2D eigenvalue weighted by Crippen LogP contribution is 2.31. The number of rotatable bonds is 3. The number of imide groups is 1. The Bertz CT molecular complexity index is 768. The molecule has 0 bridgehead atoms. The van der Waals surface area contributed by atoms with Crippen molar-refractivity contribution in [2.24, 2.45) is 0 Å². The van der Waals surface area contributed by atoms with Crippen molar-refractivity contribution in [2.45, 2.75) is 26.3 Å². The van der Waals surface area contributed by atoms with Gasteiger partial charge < -0.3 is 5.32 Å². The van der Waals surface area contributed by atoms with Gasteiger partial charge in [0.05, 0.1) is 12.1 Å². The quantitative estimate of drug-likeness (QED) is 0.833. The lowest BCUT2D eigenvalue weighted by Crippen LogP contribution is -2.35. The van der Waals surface area contributed by atoms with Crippen LogP contribution in [0.1, 0.15) is 17.5 Å². The molecule has 0 spiro atoms. The van der Waals surface area contributed by atoms with Gasteiger partial charge in [0.1, 0.15) is 6.04 Å². The summed E-state index contributed by atoms with van der Waals surface area (Å²) in [4.78, 5) is 26.2. The molecule has 23 heavy (non-hydrogen) atoms. The number of benzene rings is 2. The standard InChI is InChI=1S/C18H17BrN2O2/c1-11-7-12(2)9-13(8-11)20-15-10-17(22)21(18(15)23)16-6-4-3-5-14(16)19/h3-9,15,20H,10H2,1-2H3/t15-/m1/s1. The zero-order valence-electron chi connectivity index (χ0n) is 13.0. The topological polar surface area (TPSA) is 49.4 Å². The van der Waals surface area contributed by atoms with Crippen LogP contribution in [0.15, 0.2) is 46.9 Å². The molecule has 3 rings (SSSR count). The molecule has 1 atom stereocenters. The number of para-hydroxylation sites is 1. The van der Waals surface area contributed by atoms with Crippen LogP contribution in [0.2, 0.25) is 0 Å². The molecule has 118 valence electrons. The normalized spacial score (nSPS) is 17.7. The van der Waals surface area contributed by atoms with E-state index < -0.39 is 6.04 Å². The van der Waals surface area contributed by atoms with Crippen LogP contribution < -0.4 is 10.2 Å². The summed E-state index contributed by atoms with van der Waals surface area (Å²) in [5.74, 6) is -0.412. The molecule has 2 aromatic rings. The first-order valence-electron chi connectivity index (χ1n) is 7.42. The molecule has 0 aromatic heterocycles. The average molecular weight is 373 g/mol. The maximum Gasteiger partial charge on any atom is 0.256 e. The lowest BCUT2D eigenvalue weighted by Gasteiger charge is -2.17. The minimum atomic E-state index is -0.532. The van der Waals surface area contributed by atoms with Crippen LogP contribution in [-0.4, -0.2) is 17.9 Å². The molecule has 1 saturated heterocycles. The predicted octanol–water partition coefficient (Wildman–Crippen LogP) is 3.81. The molecule has 0 unspecified atom stereocenters. The van der Waals surface area contributed by atoms with Crippen molar-refractivity contribution in [3.63, 3.8) is 0 Å². The highest BCUT2D eigenvalue weighted by Gasteiger charge is 2.40. The highest BCUT2D eigenvalue weighted by atomic mass is 79.9. The first-order valence-corrected chi connectivity index (χ1v) is 8.21. The fourth-order valence-corrected chi connectivity index (χ4v) is 3.35. The van der Waals surface area contributed by atoms with E-state index in [-0.39, 0.29) is 18.2 Å². The minimum absolute atomic E-state index is 0.160. The fraction of sp³-hybridized carbons (Fsp3) is 0.222. The van der Waals surface area contributed by atoms with Gasteiger partial charge >= 0.3 is 0 Å². The monoisotopic (exact) mass is 372 g/mol. The van der Waals surface area contributed by atoms with Crippen molar-refractivity contribution in [1.82, 2.24) is 0 Å². The van der Waals surface area contributed by atoms with Crippen molar-refractivity contribution in [2.75, 3.05) is 10.2 Å². The number of halogens is 1. The Labute approximate surface area is 143 Å². The number of hydrogen-bond acceptors (Lipinski definition) is 3. The number of nitrogens with zero attached hydrogens (tertiary/aromatic N) is 1. The molecule has 0 radical (unpaired) electrons. The lowest BCUT2D eigenvalue weighted by atomic mass is 10.1. The Morgan fingerprint density at radius 1 is 1.09 bits per heavy atom. The summed E-state index contributed by atoms with van der Waals surface area (Å²) in [6, 6.07) is 12.7. The maximum absolute atomic E-state index is 12.7. The third-order valence-electron chi connectivity index (χ3n) is 3.80. The number of nitrogens with one attached hydrogen (secondary N) is 1. The Morgan fingerprint density at radius 3 is 2.39 bits per heavy atom. The smallest absolute Gasteiger partial charge is 0.256 e. The Hall–Kier alpha value is -2.14. The molecular formula is C18H17BrN2O2. The van der Waals surface area contributed by atoms with Crippen molar-refractivity contribution < 1.29 is 9.59 Å². The number of hydrogen-bond donors (Lipinski definition) is 1. The van der Waals surface area contributed by atoms with Crippen LogP contribution >= 0.6 is 15.9 Å². The van der Waals surface area contributed by atoms with E-state index in [1.165, 1.54) is 4.90 Å². The molecule has 1 aliphatic rings. The van der Waals surface area contributed by atoms with E-state index in [1.54, 1.807) is 6.07 Å².